The number of halogens is 5. The summed E-state index contributed by atoms with van der Waals surface area (Å²) in [4.78, 5) is 0. The van der Waals surface area contributed by atoms with Crippen LogP contribution in [0.25, 0.3) is 0 Å². The van der Waals surface area contributed by atoms with Crippen molar-refractivity contribution in [3.63, 3.8) is 0 Å². The highest BCUT2D eigenvalue weighted by atomic mass is 35.5. The first kappa shape index (κ1) is 14.1. The monoisotopic (exact) mass is 320 g/mol. The summed E-state index contributed by atoms with van der Waals surface area (Å²) in [5, 5.41) is 9.42. The lowest BCUT2D eigenvalue weighted by Crippen LogP contribution is -1.95. The minimum Gasteiger partial charge on any atom is -0.505 e. The average molecular weight is 322 g/mol. The second kappa shape index (κ2) is 6.08. The first-order chi connectivity index (χ1) is 7.43. The van der Waals surface area contributed by atoms with Gasteiger partial charge in [0.05, 0.1) is 5.02 Å². The minimum absolute atomic E-state index is 0.0466. The summed E-state index contributed by atoms with van der Waals surface area (Å²) in [6.45, 7) is 0.111. The van der Waals surface area contributed by atoms with Gasteiger partial charge in [0, 0.05) is 6.07 Å². The third-order valence-corrected chi connectivity index (χ3v) is 3.01. The van der Waals surface area contributed by atoms with Crippen molar-refractivity contribution in [3.8, 4) is 11.5 Å². The standard InChI is InChI=1S/C9H5Cl5O2/c10-4-3-5(16-2-1-6(11)12)7(13)8(14)9(4)15/h1,3,15H,2H2. The first-order valence-corrected chi connectivity index (χ1v) is 5.83. The van der Waals surface area contributed by atoms with E-state index in [2.05, 4.69) is 0 Å². The molecule has 0 heterocycles. The number of ether oxygens (including phenoxy) is 1. The van der Waals surface area contributed by atoms with Crippen LogP contribution in [0.3, 0.4) is 0 Å². The number of phenolic OH excluding ortho intramolecular Hbond substituents is 1. The Morgan fingerprint density at radius 1 is 1.25 bits per heavy atom. The lowest BCUT2D eigenvalue weighted by molar-refractivity contribution is 0.362. The molecule has 1 N–H and O–H groups in total. The normalized spacial score (nSPS) is 10.1. The molecule has 0 spiro atoms. The van der Waals surface area contributed by atoms with E-state index in [1.165, 1.54) is 12.1 Å². The van der Waals surface area contributed by atoms with Crippen molar-refractivity contribution in [2.45, 2.75) is 0 Å². The molecule has 0 atom stereocenters. The van der Waals surface area contributed by atoms with Gasteiger partial charge in [0.1, 0.15) is 26.9 Å². The van der Waals surface area contributed by atoms with Gasteiger partial charge in [-0.1, -0.05) is 58.0 Å². The van der Waals surface area contributed by atoms with Gasteiger partial charge in [0.15, 0.2) is 5.75 Å². The van der Waals surface area contributed by atoms with E-state index in [1.807, 2.05) is 0 Å². The molecule has 0 saturated carbocycles. The maximum Gasteiger partial charge on any atom is 0.154 e. The van der Waals surface area contributed by atoms with Gasteiger partial charge in [0.2, 0.25) is 0 Å². The fraction of sp³-hybridized carbons (Fsp3) is 0.111. The maximum absolute atomic E-state index is 9.37. The number of phenols is 1. The summed E-state index contributed by atoms with van der Waals surface area (Å²) in [6.07, 6.45) is 1.42. The van der Waals surface area contributed by atoms with Gasteiger partial charge < -0.3 is 9.84 Å². The second-order valence-corrected chi connectivity index (χ2v) is 4.81. The fourth-order valence-electron chi connectivity index (χ4n) is 0.863. The Balaban J connectivity index is 2.93. The molecule has 0 unspecified atom stereocenters. The Kier molecular flexibility index (Phi) is 5.35. The Morgan fingerprint density at radius 2 is 1.88 bits per heavy atom. The summed E-state index contributed by atoms with van der Waals surface area (Å²) in [6, 6.07) is 1.35. The number of hydrogen-bond donors (Lipinski definition) is 1. The predicted molar refractivity (Wildman–Crippen MR) is 68.4 cm³/mol. The summed E-state index contributed by atoms with van der Waals surface area (Å²) < 4.78 is 5.28. The zero-order valence-corrected chi connectivity index (χ0v) is 11.4. The van der Waals surface area contributed by atoms with Crippen molar-refractivity contribution < 1.29 is 9.84 Å². The van der Waals surface area contributed by atoms with Gasteiger partial charge in [-0.2, -0.15) is 0 Å². The smallest absolute Gasteiger partial charge is 0.154 e. The molecule has 0 aliphatic carbocycles. The summed E-state index contributed by atoms with van der Waals surface area (Å²) >= 11 is 28.0. The third-order valence-electron chi connectivity index (χ3n) is 1.58. The summed E-state index contributed by atoms with van der Waals surface area (Å²) in [5.41, 5.74) is 0. The highest BCUT2D eigenvalue weighted by Crippen LogP contribution is 2.43. The number of aromatic hydroxyl groups is 1. The van der Waals surface area contributed by atoms with E-state index in [-0.39, 0.29) is 37.7 Å². The second-order valence-electron chi connectivity index (χ2n) is 2.64. The molecule has 0 saturated heterocycles. The van der Waals surface area contributed by atoms with Crippen LogP contribution in [0.4, 0.5) is 0 Å². The van der Waals surface area contributed by atoms with Crippen LogP contribution in [0.2, 0.25) is 15.1 Å². The van der Waals surface area contributed by atoms with Crippen LogP contribution >= 0.6 is 58.0 Å². The lowest BCUT2D eigenvalue weighted by Gasteiger charge is -2.09. The van der Waals surface area contributed by atoms with E-state index < -0.39 is 0 Å². The molecule has 0 radical (unpaired) electrons. The van der Waals surface area contributed by atoms with Crippen molar-refractivity contribution in [3.05, 3.63) is 31.7 Å². The highest BCUT2D eigenvalue weighted by Gasteiger charge is 2.14. The van der Waals surface area contributed by atoms with Crippen molar-refractivity contribution in [1.82, 2.24) is 0 Å². The molecule has 1 aromatic carbocycles. The summed E-state index contributed by atoms with van der Waals surface area (Å²) in [7, 11) is 0. The average Bonchev–Trinajstić information content (AvgIpc) is 2.22. The molecule has 88 valence electrons. The van der Waals surface area contributed by atoms with Crippen LogP contribution in [0.15, 0.2) is 16.6 Å². The van der Waals surface area contributed by atoms with E-state index in [0.29, 0.717) is 0 Å². The zero-order valence-electron chi connectivity index (χ0n) is 7.61. The van der Waals surface area contributed by atoms with Crippen molar-refractivity contribution >= 4 is 58.0 Å². The topological polar surface area (TPSA) is 29.5 Å². The SMILES string of the molecule is Oc1c(Cl)cc(OCC=C(Cl)Cl)c(Cl)c1Cl. The van der Waals surface area contributed by atoms with E-state index in [4.69, 9.17) is 62.7 Å². The van der Waals surface area contributed by atoms with Crippen LogP contribution in [0.5, 0.6) is 11.5 Å². The molecule has 0 aliphatic heterocycles. The van der Waals surface area contributed by atoms with Crippen LogP contribution in [-0.4, -0.2) is 11.7 Å². The summed E-state index contributed by atoms with van der Waals surface area (Å²) in [5.74, 6) is -0.0492. The highest BCUT2D eigenvalue weighted by molar-refractivity contribution is 6.55. The van der Waals surface area contributed by atoms with Gasteiger partial charge in [0.25, 0.3) is 0 Å². The van der Waals surface area contributed by atoms with E-state index in [9.17, 15) is 5.11 Å². The largest absolute Gasteiger partial charge is 0.505 e. The van der Waals surface area contributed by atoms with Crippen LogP contribution in [0.1, 0.15) is 0 Å². The molecule has 0 amide bonds. The number of benzene rings is 1. The molecule has 1 aromatic rings. The quantitative estimate of drug-likeness (QED) is 0.789. The Labute approximate surface area is 117 Å². The van der Waals surface area contributed by atoms with Crippen molar-refractivity contribution in [2.75, 3.05) is 6.61 Å². The van der Waals surface area contributed by atoms with Crippen molar-refractivity contribution in [2.24, 2.45) is 0 Å². The third kappa shape index (κ3) is 3.51. The Morgan fingerprint density at radius 3 is 2.44 bits per heavy atom. The first-order valence-electron chi connectivity index (χ1n) is 3.94. The molecule has 0 bridgehead atoms. The van der Waals surface area contributed by atoms with Crippen LogP contribution < -0.4 is 4.74 Å². The molecule has 0 aromatic heterocycles. The Bertz CT molecular complexity index is 426. The van der Waals surface area contributed by atoms with E-state index in [0.717, 1.165) is 0 Å². The van der Waals surface area contributed by atoms with Crippen LogP contribution in [-0.2, 0) is 0 Å². The van der Waals surface area contributed by atoms with Gasteiger partial charge in [-0.15, -0.1) is 0 Å². The van der Waals surface area contributed by atoms with Crippen LogP contribution in [0, 0.1) is 0 Å². The molecular weight excluding hydrogens is 317 g/mol. The fourth-order valence-corrected chi connectivity index (χ4v) is 1.62. The van der Waals surface area contributed by atoms with Gasteiger partial charge in [-0.05, 0) is 6.08 Å². The number of hydrogen-bond acceptors (Lipinski definition) is 2. The minimum atomic E-state index is -0.286. The molecule has 1 rings (SSSR count). The predicted octanol–water partition coefficient (Wildman–Crippen LogP) is 5.05. The Hall–Kier alpha value is 0.01000. The van der Waals surface area contributed by atoms with Crippen molar-refractivity contribution in [1.29, 1.82) is 0 Å². The van der Waals surface area contributed by atoms with Gasteiger partial charge >= 0.3 is 0 Å². The molecule has 7 heteroatoms. The number of rotatable bonds is 3. The zero-order chi connectivity index (χ0) is 12.3. The maximum atomic E-state index is 9.37. The molecule has 0 fully saturated rings. The lowest BCUT2D eigenvalue weighted by atomic mass is 10.3. The van der Waals surface area contributed by atoms with E-state index >= 15 is 0 Å². The molecule has 0 aliphatic rings. The van der Waals surface area contributed by atoms with Gasteiger partial charge in [-0.25, -0.2) is 0 Å². The molecular formula is C9H5Cl5O2. The molecule has 16 heavy (non-hydrogen) atoms. The van der Waals surface area contributed by atoms with Gasteiger partial charge in [-0.3, -0.25) is 0 Å². The van der Waals surface area contributed by atoms with E-state index in [1.54, 1.807) is 0 Å². The molecule has 2 nitrogen and oxygen atoms in total.